The summed E-state index contributed by atoms with van der Waals surface area (Å²) in [5.41, 5.74) is 0.422. The lowest BCUT2D eigenvalue weighted by Gasteiger charge is -2.05. The average molecular weight is 271 g/mol. The molecule has 1 aromatic carbocycles. The SMILES string of the molecule is COC(=O)CNS(=O)(=O)c1cccc2nonc12. The minimum Gasteiger partial charge on any atom is -0.468 e. The van der Waals surface area contributed by atoms with Gasteiger partial charge in [-0.2, -0.15) is 4.72 Å². The van der Waals surface area contributed by atoms with E-state index in [0.717, 1.165) is 0 Å². The van der Waals surface area contributed by atoms with E-state index in [0.29, 0.717) is 5.52 Å². The van der Waals surface area contributed by atoms with Gasteiger partial charge >= 0.3 is 5.97 Å². The molecule has 1 N–H and O–H groups in total. The second-order valence-electron chi connectivity index (χ2n) is 3.29. The van der Waals surface area contributed by atoms with Crippen molar-refractivity contribution >= 4 is 27.0 Å². The molecule has 0 radical (unpaired) electrons. The van der Waals surface area contributed by atoms with E-state index in [-0.39, 0.29) is 10.4 Å². The Morgan fingerprint density at radius 1 is 1.44 bits per heavy atom. The third-order valence-corrected chi connectivity index (χ3v) is 3.61. The molecule has 1 aromatic heterocycles. The first-order valence-electron chi connectivity index (χ1n) is 4.82. The van der Waals surface area contributed by atoms with Crippen LogP contribution in [0, 0.1) is 0 Å². The summed E-state index contributed by atoms with van der Waals surface area (Å²) in [6.45, 7) is -0.458. The van der Waals surface area contributed by atoms with Gasteiger partial charge in [0, 0.05) is 0 Å². The zero-order valence-corrected chi connectivity index (χ0v) is 10.1. The number of nitrogens with zero attached hydrogens (tertiary/aromatic N) is 2. The first kappa shape index (κ1) is 12.5. The molecule has 0 unspecified atom stereocenters. The summed E-state index contributed by atoms with van der Waals surface area (Å²) < 4.78 is 34.8. The molecular formula is C9H9N3O5S. The molecule has 1 heterocycles. The number of ether oxygens (including phenoxy) is 1. The second kappa shape index (κ2) is 4.70. The molecule has 0 atom stereocenters. The standard InChI is InChI=1S/C9H9N3O5S/c1-16-8(13)5-10-18(14,15)7-4-2-3-6-9(7)12-17-11-6/h2-4,10H,5H2,1H3. The summed E-state index contributed by atoms with van der Waals surface area (Å²) in [5, 5.41) is 7.05. The van der Waals surface area contributed by atoms with Gasteiger partial charge in [-0.3, -0.25) is 4.79 Å². The molecule has 0 fully saturated rings. The topological polar surface area (TPSA) is 111 Å². The fourth-order valence-corrected chi connectivity index (χ4v) is 2.42. The van der Waals surface area contributed by atoms with Gasteiger partial charge in [-0.1, -0.05) is 6.07 Å². The van der Waals surface area contributed by atoms with E-state index in [2.05, 4.69) is 24.4 Å². The zero-order valence-electron chi connectivity index (χ0n) is 9.28. The van der Waals surface area contributed by atoms with Crippen LogP contribution in [0.15, 0.2) is 27.7 Å². The molecule has 0 aliphatic heterocycles. The second-order valence-corrected chi connectivity index (χ2v) is 5.02. The number of sulfonamides is 1. The van der Waals surface area contributed by atoms with Crippen LogP contribution in [0.4, 0.5) is 0 Å². The van der Waals surface area contributed by atoms with Crippen LogP contribution < -0.4 is 4.72 Å². The average Bonchev–Trinajstić information content (AvgIpc) is 2.83. The van der Waals surface area contributed by atoms with Crippen molar-refractivity contribution < 1.29 is 22.6 Å². The molecule has 2 rings (SSSR count). The van der Waals surface area contributed by atoms with Gasteiger partial charge in [0.05, 0.1) is 7.11 Å². The van der Waals surface area contributed by atoms with Gasteiger partial charge in [0.1, 0.15) is 17.0 Å². The van der Waals surface area contributed by atoms with Crippen molar-refractivity contribution in [3.63, 3.8) is 0 Å². The fourth-order valence-electron chi connectivity index (χ4n) is 1.30. The third kappa shape index (κ3) is 2.31. The Labute approximate surface area is 102 Å². The number of carbonyl (C=O) groups excluding carboxylic acids is 1. The summed E-state index contributed by atoms with van der Waals surface area (Å²) in [6.07, 6.45) is 0. The maximum Gasteiger partial charge on any atom is 0.320 e. The van der Waals surface area contributed by atoms with Gasteiger partial charge in [0.2, 0.25) is 10.0 Å². The summed E-state index contributed by atoms with van der Waals surface area (Å²) in [4.78, 5) is 10.8. The predicted octanol–water partition coefficient (Wildman–Crippen LogP) is -0.326. The molecule has 0 bridgehead atoms. The van der Waals surface area contributed by atoms with Gasteiger partial charge in [0.25, 0.3) is 0 Å². The highest BCUT2D eigenvalue weighted by atomic mass is 32.2. The molecule has 0 saturated carbocycles. The van der Waals surface area contributed by atoms with Crippen molar-refractivity contribution in [2.75, 3.05) is 13.7 Å². The number of hydrogen-bond acceptors (Lipinski definition) is 7. The highest BCUT2D eigenvalue weighted by molar-refractivity contribution is 7.89. The van der Waals surface area contributed by atoms with Crippen LogP contribution in [0.3, 0.4) is 0 Å². The summed E-state index contributed by atoms with van der Waals surface area (Å²) in [6, 6.07) is 4.40. The van der Waals surface area contributed by atoms with Gasteiger partial charge in [-0.05, 0) is 22.4 Å². The van der Waals surface area contributed by atoms with Gasteiger partial charge in [-0.25, -0.2) is 13.0 Å². The predicted molar refractivity (Wildman–Crippen MR) is 59.0 cm³/mol. The Bertz CT molecular complexity index is 678. The summed E-state index contributed by atoms with van der Waals surface area (Å²) >= 11 is 0. The first-order valence-corrected chi connectivity index (χ1v) is 6.30. The van der Waals surface area contributed by atoms with Crippen LogP contribution in [0.25, 0.3) is 11.0 Å². The molecular weight excluding hydrogens is 262 g/mol. The molecule has 2 aromatic rings. The number of fused-ring (bicyclic) bond motifs is 1. The van der Waals surface area contributed by atoms with E-state index in [1.807, 2.05) is 0 Å². The number of esters is 1. The lowest BCUT2D eigenvalue weighted by atomic mass is 10.3. The van der Waals surface area contributed by atoms with E-state index >= 15 is 0 Å². The normalized spacial score (nSPS) is 11.6. The molecule has 8 nitrogen and oxygen atoms in total. The van der Waals surface area contributed by atoms with E-state index in [9.17, 15) is 13.2 Å². The van der Waals surface area contributed by atoms with Crippen LogP contribution in [-0.2, 0) is 19.6 Å². The number of rotatable bonds is 4. The molecule has 0 aliphatic rings. The molecule has 0 spiro atoms. The van der Waals surface area contributed by atoms with Crippen molar-refractivity contribution in [1.29, 1.82) is 0 Å². The zero-order chi connectivity index (χ0) is 13.2. The number of carbonyl (C=O) groups is 1. The van der Waals surface area contributed by atoms with E-state index in [4.69, 9.17) is 0 Å². The van der Waals surface area contributed by atoms with Crippen LogP contribution >= 0.6 is 0 Å². The molecule has 9 heteroatoms. The Kier molecular flexibility index (Phi) is 3.26. The minimum absolute atomic E-state index is 0.106. The third-order valence-electron chi connectivity index (χ3n) is 2.17. The molecule has 96 valence electrons. The maximum absolute atomic E-state index is 11.9. The maximum atomic E-state index is 11.9. The monoisotopic (exact) mass is 271 g/mol. The Morgan fingerprint density at radius 3 is 2.94 bits per heavy atom. The molecule has 18 heavy (non-hydrogen) atoms. The molecule has 0 amide bonds. The summed E-state index contributed by atoms with van der Waals surface area (Å²) in [7, 11) is -2.71. The van der Waals surface area contributed by atoms with Crippen molar-refractivity contribution in [1.82, 2.24) is 15.0 Å². The van der Waals surface area contributed by atoms with Crippen LogP contribution in [0.2, 0.25) is 0 Å². The lowest BCUT2D eigenvalue weighted by Crippen LogP contribution is -2.30. The highest BCUT2D eigenvalue weighted by Crippen LogP contribution is 2.19. The van der Waals surface area contributed by atoms with E-state index in [1.165, 1.54) is 19.2 Å². The quantitative estimate of drug-likeness (QED) is 0.758. The van der Waals surface area contributed by atoms with E-state index in [1.54, 1.807) is 6.07 Å². The molecule has 0 saturated heterocycles. The number of aromatic nitrogens is 2. The largest absolute Gasteiger partial charge is 0.468 e. The van der Waals surface area contributed by atoms with Crippen molar-refractivity contribution in [3.05, 3.63) is 18.2 Å². The van der Waals surface area contributed by atoms with Crippen LogP contribution in [-0.4, -0.2) is 38.4 Å². The van der Waals surface area contributed by atoms with Crippen LogP contribution in [0.1, 0.15) is 0 Å². The Morgan fingerprint density at radius 2 is 2.22 bits per heavy atom. The molecule has 0 aliphatic carbocycles. The number of hydrogen-bond donors (Lipinski definition) is 1. The van der Waals surface area contributed by atoms with Crippen molar-refractivity contribution in [3.8, 4) is 0 Å². The summed E-state index contributed by atoms with van der Waals surface area (Å²) in [5.74, 6) is -0.691. The number of benzene rings is 1. The Balaban J connectivity index is 2.35. The highest BCUT2D eigenvalue weighted by Gasteiger charge is 2.20. The number of nitrogens with one attached hydrogen (secondary N) is 1. The smallest absolute Gasteiger partial charge is 0.320 e. The van der Waals surface area contributed by atoms with Gasteiger partial charge in [-0.15, -0.1) is 0 Å². The first-order chi connectivity index (χ1) is 8.54. The van der Waals surface area contributed by atoms with Crippen molar-refractivity contribution in [2.24, 2.45) is 0 Å². The van der Waals surface area contributed by atoms with E-state index < -0.39 is 22.5 Å². The Hall–Kier alpha value is -2.00. The van der Waals surface area contributed by atoms with Gasteiger partial charge in [0.15, 0.2) is 5.52 Å². The lowest BCUT2D eigenvalue weighted by molar-refractivity contribution is -0.139. The van der Waals surface area contributed by atoms with Crippen LogP contribution in [0.5, 0.6) is 0 Å². The number of methoxy groups -OCH3 is 1. The minimum atomic E-state index is -3.88. The van der Waals surface area contributed by atoms with Gasteiger partial charge < -0.3 is 4.74 Å². The van der Waals surface area contributed by atoms with Crippen molar-refractivity contribution in [2.45, 2.75) is 4.90 Å². The fraction of sp³-hybridized carbons (Fsp3) is 0.222.